The van der Waals surface area contributed by atoms with Gasteiger partial charge in [0.1, 0.15) is 0 Å². The van der Waals surface area contributed by atoms with E-state index in [2.05, 4.69) is 12.2 Å². The maximum Gasteiger partial charge on any atom is 0.303 e. The number of anilines is 1. The summed E-state index contributed by atoms with van der Waals surface area (Å²) in [4.78, 5) is 22.5. The first-order chi connectivity index (χ1) is 14.6. The second-order valence-corrected chi connectivity index (χ2v) is 8.42. The lowest BCUT2D eigenvalue weighted by molar-refractivity contribution is -0.137. The van der Waals surface area contributed by atoms with Crippen molar-refractivity contribution in [2.24, 2.45) is 0 Å². The van der Waals surface area contributed by atoms with E-state index >= 15 is 0 Å². The Morgan fingerprint density at radius 1 is 0.700 bits per heavy atom. The summed E-state index contributed by atoms with van der Waals surface area (Å²) in [6.45, 7) is 3.23. The number of carboxylic acid groups (broad SMARTS) is 1. The summed E-state index contributed by atoms with van der Waals surface area (Å²) in [7, 11) is 0. The van der Waals surface area contributed by atoms with Gasteiger partial charge in [0.15, 0.2) is 5.78 Å². The average molecular weight is 418 g/mol. The number of Topliss-reactive ketones (excluding diaryl/α,β-unsaturated/α-hetero) is 1. The van der Waals surface area contributed by atoms with E-state index in [-0.39, 0.29) is 18.6 Å². The minimum absolute atomic E-state index is 0.0132. The highest BCUT2D eigenvalue weighted by Crippen LogP contribution is 2.14. The van der Waals surface area contributed by atoms with Gasteiger partial charge in [0.05, 0.1) is 0 Å². The van der Waals surface area contributed by atoms with E-state index in [0.717, 1.165) is 12.2 Å². The highest BCUT2D eigenvalue weighted by atomic mass is 16.4. The maximum absolute atomic E-state index is 12.0. The van der Waals surface area contributed by atoms with Gasteiger partial charge in [-0.3, -0.25) is 9.59 Å². The quantitative estimate of drug-likeness (QED) is 0.169. The van der Waals surface area contributed by atoms with Crippen LogP contribution in [-0.4, -0.2) is 23.4 Å². The molecule has 0 aromatic heterocycles. The number of hydrogen-bond donors (Lipinski definition) is 2. The Balaban J connectivity index is 1.96. The lowest BCUT2D eigenvalue weighted by Crippen LogP contribution is -2.04. The average Bonchev–Trinajstić information content (AvgIpc) is 2.74. The first-order valence-electron chi connectivity index (χ1n) is 12.2. The van der Waals surface area contributed by atoms with E-state index in [0.29, 0.717) is 12.0 Å². The third kappa shape index (κ3) is 14.2. The highest BCUT2D eigenvalue weighted by Gasteiger charge is 2.07. The highest BCUT2D eigenvalue weighted by molar-refractivity contribution is 5.96. The minimum Gasteiger partial charge on any atom is -0.481 e. The van der Waals surface area contributed by atoms with Crippen molar-refractivity contribution in [2.45, 2.75) is 110 Å². The number of benzene rings is 1. The Bertz CT molecular complexity index is 568. The lowest BCUT2D eigenvalue weighted by Gasteiger charge is -2.07. The van der Waals surface area contributed by atoms with Gasteiger partial charge in [-0.25, -0.2) is 0 Å². The van der Waals surface area contributed by atoms with Gasteiger partial charge in [-0.2, -0.15) is 0 Å². The third-order valence-corrected chi connectivity index (χ3v) is 5.61. The number of carboxylic acids is 1. The lowest BCUT2D eigenvalue weighted by atomic mass is 10.0. The van der Waals surface area contributed by atoms with Crippen LogP contribution in [0.5, 0.6) is 0 Å². The van der Waals surface area contributed by atoms with Gasteiger partial charge in [0.2, 0.25) is 0 Å². The van der Waals surface area contributed by atoms with Crippen LogP contribution >= 0.6 is 0 Å². The SMILES string of the molecule is CCCCCCCCCCCCCCCNc1ccc(C(=O)CCCC(=O)O)cc1. The van der Waals surface area contributed by atoms with Gasteiger partial charge in [0, 0.05) is 30.6 Å². The Morgan fingerprint density at radius 2 is 1.20 bits per heavy atom. The van der Waals surface area contributed by atoms with Crippen molar-refractivity contribution in [3.05, 3.63) is 29.8 Å². The fraction of sp³-hybridized carbons (Fsp3) is 0.692. The smallest absolute Gasteiger partial charge is 0.303 e. The minimum atomic E-state index is -0.851. The zero-order valence-corrected chi connectivity index (χ0v) is 19.1. The van der Waals surface area contributed by atoms with E-state index in [1.807, 2.05) is 24.3 Å². The van der Waals surface area contributed by atoms with Crippen molar-refractivity contribution in [3.8, 4) is 0 Å². The molecule has 0 fully saturated rings. The topological polar surface area (TPSA) is 66.4 Å². The van der Waals surface area contributed by atoms with Crippen LogP contribution in [0.2, 0.25) is 0 Å². The van der Waals surface area contributed by atoms with E-state index < -0.39 is 5.97 Å². The molecule has 4 nitrogen and oxygen atoms in total. The van der Waals surface area contributed by atoms with E-state index in [9.17, 15) is 9.59 Å². The standard InChI is InChI=1S/C26H43NO3/c1-2-3-4-5-6-7-8-9-10-11-12-13-14-22-27-24-20-18-23(19-21-24)25(28)16-15-17-26(29)30/h18-21,27H,2-17,22H2,1H3,(H,29,30). The Hall–Kier alpha value is -1.84. The molecule has 30 heavy (non-hydrogen) atoms. The van der Waals surface area contributed by atoms with Crippen LogP contribution in [0.1, 0.15) is 120 Å². The largest absolute Gasteiger partial charge is 0.481 e. The van der Waals surface area contributed by atoms with Crippen LogP contribution < -0.4 is 5.32 Å². The van der Waals surface area contributed by atoms with Crippen molar-refractivity contribution in [3.63, 3.8) is 0 Å². The molecule has 0 heterocycles. The monoisotopic (exact) mass is 417 g/mol. The van der Waals surface area contributed by atoms with Crippen LogP contribution in [0.25, 0.3) is 0 Å². The summed E-state index contributed by atoms with van der Waals surface area (Å²) in [5.41, 5.74) is 1.70. The molecule has 0 radical (unpaired) electrons. The molecule has 4 heteroatoms. The summed E-state index contributed by atoms with van der Waals surface area (Å²) in [6.07, 6.45) is 18.4. The number of aliphatic carboxylic acids is 1. The second kappa shape index (κ2) is 18.0. The first-order valence-corrected chi connectivity index (χ1v) is 12.2. The van der Waals surface area contributed by atoms with E-state index in [4.69, 9.17) is 5.11 Å². The predicted molar refractivity (Wildman–Crippen MR) is 126 cm³/mol. The van der Waals surface area contributed by atoms with E-state index in [1.54, 1.807) is 0 Å². The van der Waals surface area contributed by atoms with Crippen LogP contribution in [0.3, 0.4) is 0 Å². The van der Waals surface area contributed by atoms with Crippen LogP contribution in [-0.2, 0) is 4.79 Å². The summed E-state index contributed by atoms with van der Waals surface area (Å²) >= 11 is 0. The number of rotatable bonds is 20. The predicted octanol–water partition coefficient (Wildman–Crippen LogP) is 7.63. The molecule has 0 unspecified atom stereocenters. The molecule has 1 aromatic carbocycles. The van der Waals surface area contributed by atoms with Crippen molar-refractivity contribution >= 4 is 17.4 Å². The van der Waals surface area contributed by atoms with Gasteiger partial charge in [-0.05, 0) is 37.1 Å². The van der Waals surface area contributed by atoms with Crippen molar-refractivity contribution < 1.29 is 14.7 Å². The van der Waals surface area contributed by atoms with Gasteiger partial charge in [-0.15, -0.1) is 0 Å². The summed E-state index contributed by atoms with van der Waals surface area (Å²) in [6, 6.07) is 7.53. The van der Waals surface area contributed by atoms with Crippen LogP contribution in [0, 0.1) is 0 Å². The first kappa shape index (κ1) is 26.2. The normalized spacial score (nSPS) is 10.8. The fourth-order valence-corrected chi connectivity index (χ4v) is 3.69. The third-order valence-electron chi connectivity index (χ3n) is 5.61. The molecule has 170 valence electrons. The fourth-order valence-electron chi connectivity index (χ4n) is 3.69. The number of nitrogens with one attached hydrogen (secondary N) is 1. The molecule has 0 atom stereocenters. The summed E-state index contributed by atoms with van der Waals surface area (Å²) < 4.78 is 0. The molecule has 0 bridgehead atoms. The molecule has 1 aromatic rings. The molecule has 0 spiro atoms. The molecule has 0 saturated heterocycles. The Kier molecular flexibility index (Phi) is 15.7. The molecule has 0 saturated carbocycles. The molecule has 0 aliphatic carbocycles. The van der Waals surface area contributed by atoms with Gasteiger partial charge in [0.25, 0.3) is 0 Å². The molecular weight excluding hydrogens is 374 g/mol. The number of carbonyl (C=O) groups excluding carboxylic acids is 1. The van der Waals surface area contributed by atoms with Crippen molar-refractivity contribution in [1.82, 2.24) is 0 Å². The molecule has 0 amide bonds. The van der Waals surface area contributed by atoms with Crippen LogP contribution in [0.15, 0.2) is 24.3 Å². The zero-order chi connectivity index (χ0) is 21.9. The number of hydrogen-bond acceptors (Lipinski definition) is 3. The maximum atomic E-state index is 12.0. The number of unbranched alkanes of at least 4 members (excludes halogenated alkanes) is 12. The zero-order valence-electron chi connectivity index (χ0n) is 19.1. The van der Waals surface area contributed by atoms with Crippen molar-refractivity contribution in [2.75, 3.05) is 11.9 Å². The number of carbonyl (C=O) groups is 2. The Labute approximate surface area is 183 Å². The Morgan fingerprint density at radius 3 is 1.70 bits per heavy atom. The van der Waals surface area contributed by atoms with Gasteiger partial charge < -0.3 is 10.4 Å². The molecular formula is C26H43NO3. The molecule has 2 N–H and O–H groups in total. The molecule has 0 aliphatic rings. The number of ketones is 1. The second-order valence-electron chi connectivity index (χ2n) is 8.42. The van der Waals surface area contributed by atoms with Crippen LogP contribution in [0.4, 0.5) is 5.69 Å². The molecule has 0 aliphatic heterocycles. The summed E-state index contributed by atoms with van der Waals surface area (Å²) in [5.74, 6) is -0.838. The molecule has 1 rings (SSSR count). The summed E-state index contributed by atoms with van der Waals surface area (Å²) in [5, 5.41) is 12.1. The van der Waals surface area contributed by atoms with Gasteiger partial charge >= 0.3 is 5.97 Å². The van der Waals surface area contributed by atoms with E-state index in [1.165, 1.54) is 83.5 Å². The van der Waals surface area contributed by atoms with Gasteiger partial charge in [-0.1, -0.05) is 84.0 Å². The van der Waals surface area contributed by atoms with Crippen molar-refractivity contribution in [1.29, 1.82) is 0 Å².